The minimum Gasteiger partial charge on any atom is -0.497 e. The highest BCUT2D eigenvalue weighted by Gasteiger charge is 2.31. The lowest BCUT2D eigenvalue weighted by Crippen LogP contribution is -2.27. The minimum atomic E-state index is -0.0429. The first-order valence-electron chi connectivity index (χ1n) is 9.29. The molecule has 0 N–H and O–H groups in total. The first-order valence-corrected chi connectivity index (χ1v) is 10.5. The number of rotatable bonds is 7. The van der Waals surface area contributed by atoms with Crippen molar-refractivity contribution in [2.75, 3.05) is 25.1 Å². The van der Waals surface area contributed by atoms with Gasteiger partial charge in [-0.2, -0.15) is 0 Å². The van der Waals surface area contributed by atoms with E-state index in [1.807, 2.05) is 42.5 Å². The second-order valence-corrected chi connectivity index (χ2v) is 8.06. The van der Waals surface area contributed by atoms with Gasteiger partial charge in [-0.25, -0.2) is 0 Å². The third kappa shape index (κ3) is 4.56. The van der Waals surface area contributed by atoms with Crippen molar-refractivity contribution in [1.29, 1.82) is 0 Å². The Hall–Kier alpha value is -2.31. The second-order valence-electron chi connectivity index (χ2n) is 6.38. The van der Waals surface area contributed by atoms with Gasteiger partial charge in [-0.05, 0) is 55.3 Å². The second kappa shape index (κ2) is 9.26. The molecule has 0 radical (unpaired) electrons. The van der Waals surface area contributed by atoms with Crippen LogP contribution < -0.4 is 9.64 Å². The SMILES string of the molecule is CCN(CC)c1ccc(/C=C2/SC(=S)N(Cc3ccc(OC)cc3)C2=O)cc1. The summed E-state index contributed by atoms with van der Waals surface area (Å²) < 4.78 is 5.77. The zero-order valence-corrected chi connectivity index (χ0v) is 18.0. The van der Waals surface area contributed by atoms with Crippen molar-refractivity contribution in [2.24, 2.45) is 0 Å². The zero-order chi connectivity index (χ0) is 20.1. The Morgan fingerprint density at radius 1 is 1.07 bits per heavy atom. The van der Waals surface area contributed by atoms with Crippen LogP contribution in [0.5, 0.6) is 5.75 Å². The smallest absolute Gasteiger partial charge is 0.266 e. The molecule has 0 bridgehead atoms. The van der Waals surface area contributed by atoms with Crippen LogP contribution in [0.3, 0.4) is 0 Å². The molecule has 1 aliphatic rings. The molecule has 1 amide bonds. The van der Waals surface area contributed by atoms with Gasteiger partial charge < -0.3 is 9.64 Å². The van der Waals surface area contributed by atoms with Crippen LogP contribution in [0, 0.1) is 0 Å². The quantitative estimate of drug-likeness (QED) is 0.475. The third-order valence-electron chi connectivity index (χ3n) is 4.69. The maximum absolute atomic E-state index is 12.8. The van der Waals surface area contributed by atoms with Crippen molar-refractivity contribution in [1.82, 2.24) is 4.90 Å². The lowest BCUT2D eigenvalue weighted by Gasteiger charge is -2.20. The van der Waals surface area contributed by atoms with Crippen LogP contribution in [-0.4, -0.2) is 35.3 Å². The molecule has 4 nitrogen and oxygen atoms in total. The monoisotopic (exact) mass is 412 g/mol. The highest BCUT2D eigenvalue weighted by molar-refractivity contribution is 8.26. The summed E-state index contributed by atoms with van der Waals surface area (Å²) in [5.74, 6) is 0.751. The molecular weight excluding hydrogens is 388 g/mol. The van der Waals surface area contributed by atoms with E-state index in [0.29, 0.717) is 15.8 Å². The van der Waals surface area contributed by atoms with Crippen LogP contribution in [0.15, 0.2) is 53.4 Å². The first kappa shape index (κ1) is 20.4. The third-order valence-corrected chi connectivity index (χ3v) is 6.07. The molecule has 1 saturated heterocycles. The van der Waals surface area contributed by atoms with Gasteiger partial charge in [0.15, 0.2) is 0 Å². The normalized spacial score (nSPS) is 15.4. The van der Waals surface area contributed by atoms with Gasteiger partial charge in [0.1, 0.15) is 10.1 Å². The number of thioether (sulfide) groups is 1. The van der Waals surface area contributed by atoms with Crippen LogP contribution in [0.25, 0.3) is 6.08 Å². The summed E-state index contributed by atoms with van der Waals surface area (Å²) in [6, 6.07) is 16.0. The van der Waals surface area contributed by atoms with Gasteiger partial charge >= 0.3 is 0 Å². The molecule has 1 fully saturated rings. The molecule has 3 rings (SSSR count). The largest absolute Gasteiger partial charge is 0.497 e. The van der Waals surface area contributed by atoms with Crippen LogP contribution in [0.1, 0.15) is 25.0 Å². The Balaban J connectivity index is 1.73. The Morgan fingerprint density at radius 2 is 1.71 bits per heavy atom. The Kier molecular flexibility index (Phi) is 6.75. The van der Waals surface area contributed by atoms with Crippen LogP contribution in [-0.2, 0) is 11.3 Å². The summed E-state index contributed by atoms with van der Waals surface area (Å²) in [7, 11) is 1.64. The molecule has 2 aromatic carbocycles. The van der Waals surface area contributed by atoms with Crippen molar-refractivity contribution in [3.63, 3.8) is 0 Å². The average molecular weight is 413 g/mol. The highest BCUT2D eigenvalue weighted by atomic mass is 32.2. The van der Waals surface area contributed by atoms with Crippen molar-refractivity contribution >= 4 is 46.0 Å². The summed E-state index contributed by atoms with van der Waals surface area (Å²) >= 11 is 6.80. The fourth-order valence-electron chi connectivity index (χ4n) is 3.07. The van der Waals surface area contributed by atoms with Crippen LogP contribution in [0.2, 0.25) is 0 Å². The van der Waals surface area contributed by atoms with E-state index >= 15 is 0 Å². The molecule has 146 valence electrons. The molecular formula is C22H24N2O2S2. The summed E-state index contributed by atoms with van der Waals surface area (Å²) in [6.45, 7) is 6.70. The van der Waals surface area contributed by atoms with Gasteiger partial charge in [0, 0.05) is 18.8 Å². The van der Waals surface area contributed by atoms with Crippen LogP contribution >= 0.6 is 24.0 Å². The number of amides is 1. The van der Waals surface area contributed by atoms with E-state index < -0.39 is 0 Å². The molecule has 0 aromatic heterocycles. The predicted octanol–water partition coefficient (Wildman–Crippen LogP) is 4.94. The van der Waals surface area contributed by atoms with Gasteiger partial charge in [0.05, 0.1) is 18.6 Å². The maximum atomic E-state index is 12.8. The molecule has 0 unspecified atom stereocenters. The number of carbonyl (C=O) groups is 1. The molecule has 0 saturated carbocycles. The summed E-state index contributed by atoms with van der Waals surface area (Å²) in [4.78, 5) is 17.4. The zero-order valence-electron chi connectivity index (χ0n) is 16.3. The fraction of sp³-hybridized carbons (Fsp3) is 0.273. The average Bonchev–Trinajstić information content (AvgIpc) is 2.98. The number of ether oxygens (including phenoxy) is 1. The molecule has 2 aromatic rings. The van der Waals surface area contributed by atoms with Crippen molar-refractivity contribution in [3.8, 4) is 5.75 Å². The topological polar surface area (TPSA) is 32.8 Å². The summed E-state index contributed by atoms with van der Waals surface area (Å²) in [6.07, 6.45) is 1.92. The maximum Gasteiger partial charge on any atom is 0.266 e. The van der Waals surface area contributed by atoms with Crippen molar-refractivity contribution in [3.05, 3.63) is 64.6 Å². The van der Waals surface area contributed by atoms with Gasteiger partial charge in [0.2, 0.25) is 0 Å². The lowest BCUT2D eigenvalue weighted by molar-refractivity contribution is -0.122. The molecule has 28 heavy (non-hydrogen) atoms. The number of methoxy groups -OCH3 is 1. The predicted molar refractivity (Wildman–Crippen MR) is 122 cm³/mol. The van der Waals surface area contributed by atoms with E-state index in [1.165, 1.54) is 17.4 Å². The van der Waals surface area contributed by atoms with E-state index in [-0.39, 0.29) is 5.91 Å². The van der Waals surface area contributed by atoms with E-state index in [9.17, 15) is 4.79 Å². The first-order chi connectivity index (χ1) is 13.5. The number of thiocarbonyl (C=S) groups is 1. The molecule has 1 heterocycles. The number of carbonyl (C=O) groups excluding carboxylic acids is 1. The van der Waals surface area contributed by atoms with Crippen molar-refractivity contribution in [2.45, 2.75) is 20.4 Å². The van der Waals surface area contributed by atoms with E-state index in [2.05, 4.69) is 30.9 Å². The van der Waals surface area contributed by atoms with Crippen LogP contribution in [0.4, 0.5) is 5.69 Å². The number of benzene rings is 2. The molecule has 0 spiro atoms. The molecule has 0 aliphatic carbocycles. The summed E-state index contributed by atoms with van der Waals surface area (Å²) in [5, 5.41) is 0. The highest BCUT2D eigenvalue weighted by Crippen LogP contribution is 2.34. The Labute approximate surface area is 176 Å². The van der Waals surface area contributed by atoms with Crippen molar-refractivity contribution < 1.29 is 9.53 Å². The number of nitrogens with zero attached hydrogens (tertiary/aromatic N) is 2. The number of anilines is 1. The Bertz CT molecular complexity index is 872. The van der Waals surface area contributed by atoms with Gasteiger partial charge in [0.25, 0.3) is 5.91 Å². The van der Waals surface area contributed by atoms with Gasteiger partial charge in [-0.1, -0.05) is 48.2 Å². The van der Waals surface area contributed by atoms with E-state index in [0.717, 1.165) is 30.0 Å². The van der Waals surface area contributed by atoms with E-state index in [4.69, 9.17) is 17.0 Å². The molecule has 1 aliphatic heterocycles. The number of hydrogen-bond donors (Lipinski definition) is 0. The summed E-state index contributed by atoms with van der Waals surface area (Å²) in [5.41, 5.74) is 3.21. The minimum absolute atomic E-state index is 0.0429. The molecule has 0 atom stereocenters. The fourth-order valence-corrected chi connectivity index (χ4v) is 4.33. The Morgan fingerprint density at radius 3 is 2.29 bits per heavy atom. The number of hydrogen-bond acceptors (Lipinski definition) is 5. The standard InChI is InChI=1S/C22H24N2O2S2/c1-4-23(5-2)18-10-6-16(7-11-18)14-20-21(25)24(22(27)28-20)15-17-8-12-19(26-3)13-9-17/h6-14H,4-5,15H2,1-3H3/b20-14+. The van der Waals surface area contributed by atoms with E-state index in [1.54, 1.807) is 12.0 Å². The van der Waals surface area contributed by atoms with Gasteiger partial charge in [-0.15, -0.1) is 0 Å². The van der Waals surface area contributed by atoms with Gasteiger partial charge in [-0.3, -0.25) is 9.69 Å². The molecule has 6 heteroatoms. The lowest BCUT2D eigenvalue weighted by atomic mass is 10.1.